The lowest BCUT2D eigenvalue weighted by molar-refractivity contribution is -0.124. The lowest BCUT2D eigenvalue weighted by Gasteiger charge is -2.65. The largest absolute Gasteiger partial charge is 0.504 e. The van der Waals surface area contributed by atoms with Gasteiger partial charge in [0.15, 0.2) is 5.76 Å². The summed E-state index contributed by atoms with van der Waals surface area (Å²) in [5, 5.41) is 13.6. The van der Waals surface area contributed by atoms with Gasteiger partial charge in [0.2, 0.25) is 11.7 Å². The van der Waals surface area contributed by atoms with Crippen LogP contribution in [0.3, 0.4) is 0 Å². The van der Waals surface area contributed by atoms with Crippen molar-refractivity contribution in [2.24, 2.45) is 33.5 Å². The third-order valence-electron chi connectivity index (χ3n) is 11.3. The minimum absolute atomic E-state index is 0.0899. The number of aliphatic hydroxyl groups is 1. The molecular weight excluding hydrogens is 460 g/mol. The van der Waals surface area contributed by atoms with E-state index >= 15 is 0 Å². The number of carbonyl (C=O) groups is 2. The van der Waals surface area contributed by atoms with Crippen molar-refractivity contribution in [3.8, 4) is 0 Å². The van der Waals surface area contributed by atoms with E-state index in [1.54, 1.807) is 6.08 Å². The normalized spacial score (nSPS) is 41.1. The highest BCUT2D eigenvalue weighted by molar-refractivity contribution is 6.06. The first kappa shape index (κ1) is 26.5. The molecule has 37 heavy (non-hydrogen) atoms. The van der Waals surface area contributed by atoms with E-state index < -0.39 is 0 Å². The molecule has 0 aromatic carbocycles. The maximum atomic E-state index is 12.6. The van der Waals surface area contributed by atoms with Gasteiger partial charge in [-0.15, -0.1) is 0 Å². The Hall–Kier alpha value is -2.14. The number of aliphatic hydroxyl groups excluding tert-OH is 1. The molecule has 0 radical (unpaired) electrons. The molecule has 0 aromatic heterocycles. The quantitative estimate of drug-likeness (QED) is 0.498. The summed E-state index contributed by atoms with van der Waals surface area (Å²) < 4.78 is 0. The van der Waals surface area contributed by atoms with E-state index in [1.807, 2.05) is 25.9 Å². The minimum Gasteiger partial charge on any atom is -0.504 e. The lowest BCUT2D eigenvalue weighted by Crippen LogP contribution is -2.57. The van der Waals surface area contributed by atoms with Gasteiger partial charge in [0.1, 0.15) is 0 Å². The van der Waals surface area contributed by atoms with Crippen molar-refractivity contribution in [1.82, 2.24) is 10.2 Å². The topological polar surface area (TPSA) is 69.6 Å². The maximum Gasteiger partial charge on any atom is 0.234 e. The summed E-state index contributed by atoms with van der Waals surface area (Å²) in [5.74, 6) is 0.974. The molecule has 5 aliphatic rings. The molecule has 5 nitrogen and oxygen atoms in total. The molecule has 0 bridgehead atoms. The second kappa shape index (κ2) is 8.69. The van der Waals surface area contributed by atoms with Crippen molar-refractivity contribution < 1.29 is 14.7 Å². The van der Waals surface area contributed by atoms with E-state index in [2.05, 4.69) is 45.2 Å². The number of allylic oxidation sites excluding steroid dienone is 7. The summed E-state index contributed by atoms with van der Waals surface area (Å²) in [5.41, 5.74) is 4.73. The first-order chi connectivity index (χ1) is 17.2. The third kappa shape index (κ3) is 4.07. The van der Waals surface area contributed by atoms with E-state index in [0.29, 0.717) is 29.4 Å². The zero-order valence-corrected chi connectivity index (χ0v) is 24.0. The zero-order valence-electron chi connectivity index (χ0n) is 24.0. The average Bonchev–Trinajstić information content (AvgIpc) is 2.82. The van der Waals surface area contributed by atoms with Crippen molar-refractivity contribution in [3.05, 3.63) is 46.3 Å². The molecule has 1 amide bonds. The van der Waals surface area contributed by atoms with Gasteiger partial charge >= 0.3 is 0 Å². The van der Waals surface area contributed by atoms with Gasteiger partial charge in [0.05, 0.1) is 6.54 Å². The second-order valence-corrected chi connectivity index (χ2v) is 14.2. The monoisotopic (exact) mass is 506 g/mol. The zero-order chi connectivity index (χ0) is 27.0. The van der Waals surface area contributed by atoms with Crippen LogP contribution in [0.1, 0.15) is 79.6 Å². The molecule has 5 unspecified atom stereocenters. The second-order valence-electron chi connectivity index (χ2n) is 14.2. The van der Waals surface area contributed by atoms with Gasteiger partial charge in [0, 0.05) is 17.5 Å². The number of ketones is 1. The maximum absolute atomic E-state index is 12.6. The van der Waals surface area contributed by atoms with Crippen molar-refractivity contribution >= 4 is 11.7 Å². The molecule has 0 saturated heterocycles. The van der Waals surface area contributed by atoms with Crippen LogP contribution in [0.2, 0.25) is 0 Å². The van der Waals surface area contributed by atoms with Crippen LogP contribution in [-0.4, -0.2) is 48.9 Å². The fraction of sp³-hybridized carbons (Fsp3) is 0.688. The van der Waals surface area contributed by atoms with Crippen molar-refractivity contribution in [2.75, 3.05) is 27.2 Å². The van der Waals surface area contributed by atoms with Crippen molar-refractivity contribution in [3.63, 3.8) is 0 Å². The Labute approximate surface area is 223 Å². The van der Waals surface area contributed by atoms with Gasteiger partial charge in [-0.3, -0.25) is 9.59 Å². The predicted molar refractivity (Wildman–Crippen MR) is 148 cm³/mol. The lowest BCUT2D eigenvalue weighted by atomic mass is 9.39. The molecule has 6 atom stereocenters. The van der Waals surface area contributed by atoms with Gasteiger partial charge in [-0.2, -0.15) is 0 Å². The van der Waals surface area contributed by atoms with Gasteiger partial charge in [0.25, 0.3) is 0 Å². The van der Waals surface area contributed by atoms with E-state index in [0.717, 1.165) is 37.0 Å². The summed E-state index contributed by atoms with van der Waals surface area (Å²) in [7, 11) is 3.87. The molecule has 5 aliphatic carbocycles. The fourth-order valence-corrected chi connectivity index (χ4v) is 8.93. The highest BCUT2D eigenvalue weighted by Crippen LogP contribution is 2.70. The summed E-state index contributed by atoms with van der Waals surface area (Å²) >= 11 is 0. The molecule has 3 saturated carbocycles. The number of nitrogens with one attached hydrogen (secondary N) is 1. The van der Waals surface area contributed by atoms with Gasteiger partial charge in [-0.1, -0.05) is 45.4 Å². The molecule has 5 heteroatoms. The predicted octanol–water partition coefficient (Wildman–Crippen LogP) is 5.90. The van der Waals surface area contributed by atoms with E-state index in [-0.39, 0.29) is 33.7 Å². The molecule has 0 aromatic rings. The number of hydrogen-bond acceptors (Lipinski definition) is 4. The van der Waals surface area contributed by atoms with Crippen LogP contribution in [0.4, 0.5) is 0 Å². The number of hydrogen-bond donors (Lipinski definition) is 2. The fourth-order valence-electron chi connectivity index (χ4n) is 8.93. The molecular formula is C32H46N2O3. The molecule has 0 spiro atoms. The highest BCUT2D eigenvalue weighted by atomic mass is 16.3. The van der Waals surface area contributed by atoms with E-state index in [1.165, 1.54) is 31.3 Å². The number of likely N-dealkylation sites (N-methyl/N-ethyl adjacent to an activating group) is 1. The Morgan fingerprint density at radius 2 is 1.76 bits per heavy atom. The number of rotatable bonds is 4. The number of amides is 1. The minimum atomic E-state index is -0.255. The van der Waals surface area contributed by atoms with Crippen LogP contribution in [0, 0.1) is 33.5 Å². The summed E-state index contributed by atoms with van der Waals surface area (Å²) in [6.45, 7) is 12.8. The van der Waals surface area contributed by atoms with Crippen molar-refractivity contribution in [2.45, 2.75) is 79.6 Å². The summed E-state index contributed by atoms with van der Waals surface area (Å²) in [4.78, 5) is 27.0. The van der Waals surface area contributed by atoms with Crippen LogP contribution >= 0.6 is 0 Å². The van der Waals surface area contributed by atoms with Crippen LogP contribution in [-0.2, 0) is 9.59 Å². The van der Waals surface area contributed by atoms with Crippen LogP contribution in [0.15, 0.2) is 46.3 Å². The van der Waals surface area contributed by atoms with Crippen LogP contribution in [0.25, 0.3) is 0 Å². The first-order valence-electron chi connectivity index (χ1n) is 14.2. The van der Waals surface area contributed by atoms with Crippen LogP contribution < -0.4 is 5.32 Å². The Morgan fingerprint density at radius 3 is 2.46 bits per heavy atom. The Bertz CT molecular complexity index is 1160. The highest BCUT2D eigenvalue weighted by Gasteiger charge is 2.61. The standard InChI is InChI=1S/C32H46N2O3/c1-20-21-8-9-26-31(4,23(21)16-25(35)28(20)37)11-10-22-24-17-29(2,19-33-27(36)18-34(6)7)12-13-30(24,3)14-15-32(22,26)5/h8-9,16,22,24,37H,10-15,17-19H2,1-7H3,(H,33,36)/t22?,24?,29-,30?,31?,32?/m1/s1. The number of carbonyl (C=O) groups excluding carboxylic acids is 2. The Balaban J connectivity index is 1.45. The van der Waals surface area contributed by atoms with Gasteiger partial charge in [-0.05, 0) is 111 Å². The first-order valence-corrected chi connectivity index (χ1v) is 14.2. The SMILES string of the molecule is CC1=C(O)C(=O)C=C2C1=CC=C1C2(C)CCC2C3C[C@](C)(CNC(=O)CN(C)C)CCC3(C)CCC12C. The van der Waals surface area contributed by atoms with E-state index in [9.17, 15) is 14.7 Å². The molecule has 0 heterocycles. The molecule has 0 aliphatic heterocycles. The average molecular weight is 507 g/mol. The Kier molecular flexibility index (Phi) is 6.22. The van der Waals surface area contributed by atoms with Crippen LogP contribution in [0.5, 0.6) is 0 Å². The van der Waals surface area contributed by atoms with Gasteiger partial charge in [-0.25, -0.2) is 0 Å². The van der Waals surface area contributed by atoms with E-state index in [4.69, 9.17) is 0 Å². The molecule has 2 N–H and O–H groups in total. The summed E-state index contributed by atoms with van der Waals surface area (Å²) in [6, 6.07) is 0. The Morgan fingerprint density at radius 1 is 1.05 bits per heavy atom. The molecule has 5 rings (SSSR count). The smallest absolute Gasteiger partial charge is 0.234 e. The van der Waals surface area contributed by atoms with Gasteiger partial charge < -0.3 is 15.3 Å². The third-order valence-corrected chi connectivity index (χ3v) is 11.3. The van der Waals surface area contributed by atoms with Crippen molar-refractivity contribution in [1.29, 1.82) is 0 Å². The molecule has 3 fully saturated rings. The molecule has 202 valence electrons. The number of fused-ring (bicyclic) bond motifs is 7. The summed E-state index contributed by atoms with van der Waals surface area (Å²) in [6.07, 6.45) is 14.4. The number of nitrogens with zero attached hydrogens (tertiary/aromatic N) is 1.